The molecular weight excluding hydrogens is 226 g/mol. The van der Waals surface area contributed by atoms with Crippen molar-refractivity contribution in [2.75, 3.05) is 0 Å². The number of carboxylic acid groups (broad SMARTS) is 1. The molecule has 100 valence electrons. The molecule has 0 fully saturated rings. The van der Waals surface area contributed by atoms with Gasteiger partial charge in [0.15, 0.2) is 0 Å². The Hall–Kier alpha value is -1.35. The van der Waals surface area contributed by atoms with E-state index in [2.05, 4.69) is 12.2 Å². The molecule has 0 aliphatic carbocycles. The van der Waals surface area contributed by atoms with Gasteiger partial charge in [0.2, 0.25) is 0 Å². The molecule has 1 rings (SSSR count). The van der Waals surface area contributed by atoms with Gasteiger partial charge in [-0.05, 0) is 37.8 Å². The molecule has 0 radical (unpaired) electrons. The van der Waals surface area contributed by atoms with E-state index >= 15 is 0 Å². The highest BCUT2D eigenvalue weighted by molar-refractivity contribution is 5.80. The van der Waals surface area contributed by atoms with E-state index < -0.39 is 11.5 Å². The van der Waals surface area contributed by atoms with Crippen molar-refractivity contribution in [2.24, 2.45) is 0 Å². The molecule has 18 heavy (non-hydrogen) atoms. The maximum Gasteiger partial charge on any atom is 0.328 e. The van der Waals surface area contributed by atoms with Gasteiger partial charge in [0.25, 0.3) is 0 Å². The van der Waals surface area contributed by atoms with Gasteiger partial charge in [0.1, 0.15) is 5.54 Å². The number of hydrogen-bond donors (Lipinski definition) is 2. The number of carbonyl (C=O) groups is 1. The summed E-state index contributed by atoms with van der Waals surface area (Å²) in [7, 11) is 0. The summed E-state index contributed by atoms with van der Waals surface area (Å²) in [5, 5.41) is 12.7. The fourth-order valence-corrected chi connectivity index (χ4v) is 1.94. The summed E-state index contributed by atoms with van der Waals surface area (Å²) in [5.41, 5.74) is 0.990. The number of benzene rings is 1. The van der Waals surface area contributed by atoms with E-state index in [1.54, 1.807) is 6.92 Å². The summed E-state index contributed by atoms with van der Waals surface area (Å²) < 4.78 is 0. The second-order valence-electron chi connectivity index (χ2n) is 4.93. The van der Waals surface area contributed by atoms with Crippen molar-refractivity contribution in [3.05, 3.63) is 35.4 Å². The van der Waals surface area contributed by atoms with Crippen molar-refractivity contribution >= 4 is 5.97 Å². The van der Waals surface area contributed by atoms with Gasteiger partial charge >= 0.3 is 5.97 Å². The van der Waals surface area contributed by atoms with Crippen LogP contribution in [-0.2, 0) is 16.8 Å². The molecule has 0 saturated carbocycles. The van der Waals surface area contributed by atoms with Crippen molar-refractivity contribution in [2.45, 2.75) is 52.1 Å². The Morgan fingerprint density at radius 1 is 1.33 bits per heavy atom. The number of aliphatic carboxylic acids is 1. The second kappa shape index (κ2) is 6.01. The molecule has 3 heteroatoms. The molecule has 0 bridgehead atoms. The zero-order valence-corrected chi connectivity index (χ0v) is 11.7. The minimum absolute atomic E-state index is 0.164. The van der Waals surface area contributed by atoms with Crippen molar-refractivity contribution < 1.29 is 9.90 Å². The molecule has 0 heterocycles. The Bertz CT molecular complexity index is 399. The zero-order chi connectivity index (χ0) is 13.8. The highest BCUT2D eigenvalue weighted by Gasteiger charge is 2.35. The third-order valence-electron chi connectivity index (χ3n) is 3.51. The van der Waals surface area contributed by atoms with Gasteiger partial charge in [0.05, 0.1) is 0 Å². The summed E-state index contributed by atoms with van der Waals surface area (Å²) >= 11 is 0. The van der Waals surface area contributed by atoms with Crippen LogP contribution < -0.4 is 5.32 Å². The Labute approximate surface area is 109 Å². The molecule has 3 nitrogen and oxygen atoms in total. The number of aryl methyl sites for hydroxylation is 1. The smallest absolute Gasteiger partial charge is 0.328 e. The molecule has 0 spiro atoms. The van der Waals surface area contributed by atoms with Crippen molar-refractivity contribution in [1.29, 1.82) is 0 Å². The lowest BCUT2D eigenvalue weighted by Gasteiger charge is -2.30. The van der Waals surface area contributed by atoms with Crippen LogP contribution in [0, 0.1) is 0 Å². The molecular formula is C15H23NO2. The average molecular weight is 249 g/mol. The van der Waals surface area contributed by atoms with Crippen LogP contribution in [0.15, 0.2) is 24.3 Å². The lowest BCUT2D eigenvalue weighted by Crippen LogP contribution is -2.50. The van der Waals surface area contributed by atoms with Crippen molar-refractivity contribution in [1.82, 2.24) is 5.32 Å². The number of rotatable bonds is 6. The van der Waals surface area contributed by atoms with Gasteiger partial charge < -0.3 is 5.11 Å². The Kier molecular flexibility index (Phi) is 4.91. The lowest BCUT2D eigenvalue weighted by molar-refractivity contribution is -0.145. The van der Waals surface area contributed by atoms with Gasteiger partial charge in [-0.15, -0.1) is 0 Å². The van der Waals surface area contributed by atoms with Gasteiger partial charge in [-0.2, -0.15) is 0 Å². The summed E-state index contributed by atoms with van der Waals surface area (Å²) in [6, 6.07) is 7.96. The third-order valence-corrected chi connectivity index (χ3v) is 3.51. The number of hydrogen-bond acceptors (Lipinski definition) is 2. The summed E-state index contributed by atoms with van der Waals surface area (Å²) in [6.45, 7) is 7.85. The Morgan fingerprint density at radius 3 is 2.28 bits per heavy atom. The van der Waals surface area contributed by atoms with E-state index in [1.807, 2.05) is 38.1 Å². The van der Waals surface area contributed by atoms with E-state index in [4.69, 9.17) is 0 Å². The third kappa shape index (κ3) is 3.10. The molecule has 0 amide bonds. The van der Waals surface area contributed by atoms with E-state index in [0.717, 1.165) is 18.4 Å². The van der Waals surface area contributed by atoms with Crippen LogP contribution in [0.5, 0.6) is 0 Å². The quantitative estimate of drug-likeness (QED) is 0.815. The van der Waals surface area contributed by atoms with Crippen LogP contribution in [0.4, 0.5) is 0 Å². The predicted molar refractivity (Wildman–Crippen MR) is 73.7 cm³/mol. The SMILES string of the molecule is CCc1ccc(C(C)(NC(C)CC)C(=O)O)cc1. The van der Waals surface area contributed by atoms with E-state index in [9.17, 15) is 9.90 Å². The predicted octanol–water partition coefficient (Wildman–Crippen LogP) is 2.94. The highest BCUT2D eigenvalue weighted by atomic mass is 16.4. The van der Waals surface area contributed by atoms with E-state index in [0.29, 0.717) is 0 Å². The molecule has 1 aromatic carbocycles. The van der Waals surface area contributed by atoms with E-state index in [-0.39, 0.29) is 6.04 Å². The zero-order valence-electron chi connectivity index (χ0n) is 11.7. The first-order valence-corrected chi connectivity index (χ1v) is 6.54. The molecule has 0 saturated heterocycles. The van der Waals surface area contributed by atoms with Crippen LogP contribution in [0.25, 0.3) is 0 Å². The summed E-state index contributed by atoms with van der Waals surface area (Å²) in [5.74, 6) is -0.841. The van der Waals surface area contributed by atoms with Crippen molar-refractivity contribution in [3.8, 4) is 0 Å². The molecule has 2 N–H and O–H groups in total. The first-order valence-electron chi connectivity index (χ1n) is 6.54. The average Bonchev–Trinajstić information content (AvgIpc) is 2.38. The molecule has 0 aliphatic rings. The first kappa shape index (κ1) is 14.7. The first-order chi connectivity index (χ1) is 8.43. The van der Waals surface area contributed by atoms with Crippen molar-refractivity contribution in [3.63, 3.8) is 0 Å². The minimum atomic E-state index is -1.03. The highest BCUT2D eigenvalue weighted by Crippen LogP contribution is 2.23. The molecule has 2 atom stereocenters. The summed E-state index contributed by atoms with van der Waals surface area (Å²) in [4.78, 5) is 11.6. The molecule has 0 aliphatic heterocycles. The fraction of sp³-hybridized carbons (Fsp3) is 0.533. The van der Waals surface area contributed by atoms with Crippen LogP contribution in [0.2, 0.25) is 0 Å². The van der Waals surface area contributed by atoms with Gasteiger partial charge in [-0.3, -0.25) is 5.32 Å². The van der Waals surface area contributed by atoms with Crippen LogP contribution in [-0.4, -0.2) is 17.1 Å². The van der Waals surface area contributed by atoms with Gasteiger partial charge in [0, 0.05) is 6.04 Å². The molecule has 2 unspecified atom stereocenters. The normalized spacial score (nSPS) is 16.0. The maximum absolute atomic E-state index is 11.6. The Balaban J connectivity index is 3.06. The monoisotopic (exact) mass is 249 g/mol. The minimum Gasteiger partial charge on any atom is -0.480 e. The fourth-order valence-electron chi connectivity index (χ4n) is 1.94. The lowest BCUT2D eigenvalue weighted by atomic mass is 9.90. The maximum atomic E-state index is 11.6. The molecule has 0 aromatic heterocycles. The summed E-state index contributed by atoms with van der Waals surface area (Å²) in [6.07, 6.45) is 1.86. The topological polar surface area (TPSA) is 49.3 Å². The second-order valence-corrected chi connectivity index (χ2v) is 4.93. The van der Waals surface area contributed by atoms with Crippen LogP contribution >= 0.6 is 0 Å². The number of nitrogens with one attached hydrogen (secondary N) is 1. The van der Waals surface area contributed by atoms with Gasteiger partial charge in [-0.1, -0.05) is 38.1 Å². The van der Waals surface area contributed by atoms with Crippen LogP contribution in [0.3, 0.4) is 0 Å². The van der Waals surface area contributed by atoms with E-state index in [1.165, 1.54) is 5.56 Å². The Morgan fingerprint density at radius 2 is 1.89 bits per heavy atom. The van der Waals surface area contributed by atoms with Crippen LogP contribution in [0.1, 0.15) is 45.2 Å². The number of carboxylic acids is 1. The van der Waals surface area contributed by atoms with Gasteiger partial charge in [-0.25, -0.2) is 4.79 Å². The molecule has 1 aromatic rings. The largest absolute Gasteiger partial charge is 0.480 e. The standard InChI is InChI=1S/C15H23NO2/c1-5-11(3)16-15(4,14(17)18)13-9-7-12(6-2)8-10-13/h7-11,16H,5-6H2,1-4H3,(H,17,18).